The molecule has 0 fully saturated rings. The molecule has 1 N–H and O–H groups in total. The molecule has 3 aromatic rings. The van der Waals surface area contributed by atoms with Gasteiger partial charge in [-0.2, -0.15) is 0 Å². The minimum Gasteiger partial charge on any atom is -0.458 e. The van der Waals surface area contributed by atoms with E-state index in [-0.39, 0.29) is 0 Å². The second-order valence-electron chi connectivity index (χ2n) is 4.37. The Hall–Kier alpha value is -0.620. The Balaban J connectivity index is 2.06. The van der Waals surface area contributed by atoms with E-state index in [0.717, 1.165) is 24.1 Å². The van der Waals surface area contributed by atoms with Gasteiger partial charge in [0.25, 0.3) is 0 Å². The van der Waals surface area contributed by atoms with Gasteiger partial charge in [-0.25, -0.2) is 0 Å². The van der Waals surface area contributed by atoms with Crippen molar-refractivity contribution in [3.05, 3.63) is 54.8 Å². The number of furan rings is 1. The van der Waals surface area contributed by atoms with Crippen molar-refractivity contribution < 1.29 is 9.52 Å². The first-order chi connectivity index (χ1) is 9.04. The Bertz CT molecular complexity index is 745. The Morgan fingerprint density at radius 1 is 1.21 bits per heavy atom. The average Bonchev–Trinajstić information content (AvgIpc) is 2.91. The highest BCUT2D eigenvalue weighted by Gasteiger charge is 2.20. The summed E-state index contributed by atoms with van der Waals surface area (Å²) >= 11 is 8.41. The highest BCUT2D eigenvalue weighted by atomic mass is 79.9. The van der Waals surface area contributed by atoms with Crippen LogP contribution in [0.1, 0.15) is 23.0 Å². The molecule has 5 heteroatoms. The van der Waals surface area contributed by atoms with E-state index in [9.17, 15) is 5.11 Å². The number of rotatable bonds is 2. The van der Waals surface area contributed by atoms with Gasteiger partial charge >= 0.3 is 0 Å². The molecule has 0 aliphatic heterocycles. The summed E-state index contributed by atoms with van der Waals surface area (Å²) in [5, 5.41) is 11.4. The highest BCUT2D eigenvalue weighted by molar-refractivity contribution is 9.12. The van der Waals surface area contributed by atoms with Gasteiger partial charge in [-0.15, -0.1) is 11.3 Å². The number of aryl methyl sites for hydroxylation is 1. The monoisotopic (exact) mass is 400 g/mol. The first-order valence-corrected chi connectivity index (χ1v) is 8.08. The number of aliphatic hydroxyl groups is 1. The minimum absolute atomic E-state index is 0.562. The van der Waals surface area contributed by atoms with Gasteiger partial charge in [0, 0.05) is 10.9 Å². The molecule has 0 amide bonds. The third kappa shape index (κ3) is 2.52. The average molecular weight is 402 g/mol. The lowest BCUT2D eigenvalue weighted by molar-refractivity contribution is 0.192. The molecule has 1 aromatic carbocycles. The predicted octanol–water partition coefficient (Wildman–Crippen LogP) is 5.41. The zero-order chi connectivity index (χ0) is 13.6. The van der Waals surface area contributed by atoms with Gasteiger partial charge in [0.2, 0.25) is 0 Å². The Kier molecular flexibility index (Phi) is 3.55. The van der Waals surface area contributed by atoms with Crippen LogP contribution in [0.25, 0.3) is 11.0 Å². The van der Waals surface area contributed by atoms with Crippen LogP contribution in [-0.4, -0.2) is 5.11 Å². The Morgan fingerprint density at radius 2 is 2.00 bits per heavy atom. The molecule has 1 unspecified atom stereocenters. The van der Waals surface area contributed by atoms with Gasteiger partial charge in [-0.3, -0.25) is 0 Å². The van der Waals surface area contributed by atoms with Crippen LogP contribution in [0.15, 0.2) is 42.3 Å². The first kappa shape index (κ1) is 13.4. The maximum atomic E-state index is 10.4. The van der Waals surface area contributed by atoms with Crippen LogP contribution in [0.4, 0.5) is 0 Å². The first-order valence-electron chi connectivity index (χ1n) is 5.67. The SMILES string of the molecule is Cc1ccc2oc(C(O)c3cc(Br)sc3Br)cc2c1. The molecule has 0 saturated heterocycles. The predicted molar refractivity (Wildman–Crippen MR) is 84.7 cm³/mol. The molecule has 0 bridgehead atoms. The molecular formula is C14H10Br2O2S. The van der Waals surface area contributed by atoms with E-state index < -0.39 is 6.10 Å². The molecule has 98 valence electrons. The van der Waals surface area contributed by atoms with Crippen LogP contribution in [0.5, 0.6) is 0 Å². The maximum absolute atomic E-state index is 10.4. The van der Waals surface area contributed by atoms with Gasteiger partial charge < -0.3 is 9.52 Å². The summed E-state index contributed by atoms with van der Waals surface area (Å²) in [7, 11) is 0. The van der Waals surface area contributed by atoms with Crippen LogP contribution in [0, 0.1) is 6.92 Å². The van der Waals surface area contributed by atoms with Gasteiger partial charge in [0.1, 0.15) is 17.4 Å². The number of fused-ring (bicyclic) bond motifs is 1. The van der Waals surface area contributed by atoms with Crippen molar-refractivity contribution in [3.8, 4) is 0 Å². The number of halogens is 2. The number of hydrogen-bond donors (Lipinski definition) is 1. The molecule has 0 spiro atoms. The number of benzene rings is 1. The topological polar surface area (TPSA) is 33.4 Å². The maximum Gasteiger partial charge on any atom is 0.139 e. The largest absolute Gasteiger partial charge is 0.458 e. The molecule has 3 rings (SSSR count). The highest BCUT2D eigenvalue weighted by Crippen LogP contribution is 2.39. The fourth-order valence-electron chi connectivity index (χ4n) is 2.01. The lowest BCUT2D eigenvalue weighted by Crippen LogP contribution is -1.96. The summed E-state index contributed by atoms with van der Waals surface area (Å²) in [6.45, 7) is 2.04. The van der Waals surface area contributed by atoms with Gasteiger partial charge in [-0.05, 0) is 63.0 Å². The van der Waals surface area contributed by atoms with E-state index in [1.807, 2.05) is 37.3 Å². The van der Waals surface area contributed by atoms with Crippen molar-refractivity contribution in [1.29, 1.82) is 0 Å². The van der Waals surface area contributed by atoms with Crippen LogP contribution in [-0.2, 0) is 0 Å². The zero-order valence-electron chi connectivity index (χ0n) is 9.98. The van der Waals surface area contributed by atoms with E-state index in [1.165, 1.54) is 16.9 Å². The number of aliphatic hydroxyl groups excluding tert-OH is 1. The van der Waals surface area contributed by atoms with Crippen LogP contribution < -0.4 is 0 Å². The van der Waals surface area contributed by atoms with Crippen LogP contribution in [0.2, 0.25) is 0 Å². The van der Waals surface area contributed by atoms with Crippen molar-refractivity contribution in [1.82, 2.24) is 0 Å². The third-order valence-electron chi connectivity index (χ3n) is 2.94. The Labute approximate surface area is 131 Å². The summed E-state index contributed by atoms with van der Waals surface area (Å²) < 4.78 is 7.60. The van der Waals surface area contributed by atoms with Crippen molar-refractivity contribution >= 4 is 54.2 Å². The summed E-state index contributed by atoms with van der Waals surface area (Å²) in [5.41, 5.74) is 2.78. The van der Waals surface area contributed by atoms with E-state index in [0.29, 0.717) is 5.76 Å². The van der Waals surface area contributed by atoms with Crippen molar-refractivity contribution in [2.24, 2.45) is 0 Å². The lowest BCUT2D eigenvalue weighted by Gasteiger charge is -2.05. The van der Waals surface area contributed by atoms with Gasteiger partial charge in [0.05, 0.1) is 7.57 Å². The van der Waals surface area contributed by atoms with Crippen molar-refractivity contribution in [2.75, 3.05) is 0 Å². The number of thiophene rings is 1. The standard InChI is InChI=1S/C14H10Br2O2S/c1-7-2-3-10-8(4-7)5-11(18-10)13(17)9-6-12(15)19-14(9)16/h2-6,13,17H,1H3. The van der Waals surface area contributed by atoms with Crippen molar-refractivity contribution in [3.63, 3.8) is 0 Å². The molecule has 0 aliphatic carbocycles. The van der Waals surface area contributed by atoms with E-state index in [4.69, 9.17) is 4.42 Å². The molecular weight excluding hydrogens is 392 g/mol. The van der Waals surface area contributed by atoms with E-state index >= 15 is 0 Å². The smallest absolute Gasteiger partial charge is 0.139 e. The zero-order valence-corrected chi connectivity index (χ0v) is 14.0. The molecule has 0 radical (unpaired) electrons. The lowest BCUT2D eigenvalue weighted by atomic mass is 10.1. The van der Waals surface area contributed by atoms with E-state index in [2.05, 4.69) is 31.9 Å². The van der Waals surface area contributed by atoms with E-state index in [1.54, 1.807) is 0 Å². The number of hydrogen-bond acceptors (Lipinski definition) is 3. The van der Waals surface area contributed by atoms with Crippen LogP contribution in [0.3, 0.4) is 0 Å². The summed E-state index contributed by atoms with van der Waals surface area (Å²) in [6, 6.07) is 9.77. The molecule has 2 nitrogen and oxygen atoms in total. The summed E-state index contributed by atoms with van der Waals surface area (Å²) in [5.74, 6) is 0.562. The molecule has 0 aliphatic rings. The molecule has 0 saturated carbocycles. The summed E-state index contributed by atoms with van der Waals surface area (Å²) in [6.07, 6.45) is -0.760. The molecule has 2 heterocycles. The van der Waals surface area contributed by atoms with Crippen molar-refractivity contribution in [2.45, 2.75) is 13.0 Å². The second-order valence-corrected chi connectivity index (χ2v) is 8.12. The molecule has 19 heavy (non-hydrogen) atoms. The Morgan fingerprint density at radius 3 is 2.68 bits per heavy atom. The van der Waals surface area contributed by atoms with Gasteiger partial charge in [0.15, 0.2) is 0 Å². The normalized spacial score (nSPS) is 13.1. The fraction of sp³-hybridized carbons (Fsp3) is 0.143. The second kappa shape index (κ2) is 5.05. The molecule has 2 aromatic heterocycles. The summed E-state index contributed by atoms with van der Waals surface area (Å²) in [4.78, 5) is 0. The van der Waals surface area contributed by atoms with Crippen LogP contribution >= 0.6 is 43.2 Å². The minimum atomic E-state index is -0.760. The van der Waals surface area contributed by atoms with Gasteiger partial charge in [-0.1, -0.05) is 11.6 Å². The fourth-order valence-corrected chi connectivity index (χ4v) is 4.89. The molecule has 1 atom stereocenters. The quantitative estimate of drug-likeness (QED) is 0.622. The third-order valence-corrected chi connectivity index (χ3v) is 5.32.